The first-order valence-electron chi connectivity index (χ1n) is 7.74. The molecule has 1 heterocycles. The second kappa shape index (κ2) is 5.85. The van der Waals surface area contributed by atoms with Crippen LogP contribution in [-0.2, 0) is 0 Å². The maximum absolute atomic E-state index is 5.48. The highest BCUT2D eigenvalue weighted by Crippen LogP contribution is 2.41. The summed E-state index contributed by atoms with van der Waals surface area (Å²) in [5.41, 5.74) is 3.87. The van der Waals surface area contributed by atoms with Crippen LogP contribution in [0.2, 0.25) is 0 Å². The van der Waals surface area contributed by atoms with E-state index in [0.717, 1.165) is 23.3 Å². The van der Waals surface area contributed by atoms with Gasteiger partial charge >= 0.3 is 0 Å². The molecule has 0 aliphatic heterocycles. The summed E-state index contributed by atoms with van der Waals surface area (Å²) < 4.78 is 0. The molecule has 0 bridgehead atoms. The van der Waals surface area contributed by atoms with Crippen molar-refractivity contribution < 1.29 is 0 Å². The Morgan fingerprint density at radius 3 is 2.67 bits per heavy atom. The predicted octanol–water partition coefficient (Wildman–Crippen LogP) is 3.30. The van der Waals surface area contributed by atoms with Gasteiger partial charge in [0.25, 0.3) is 0 Å². The molecular formula is C16H23N5. The van der Waals surface area contributed by atoms with Crippen LogP contribution in [0.4, 0.5) is 11.8 Å². The van der Waals surface area contributed by atoms with Crippen LogP contribution in [0.5, 0.6) is 0 Å². The van der Waals surface area contributed by atoms with Crippen molar-refractivity contribution in [3.05, 3.63) is 24.3 Å². The number of hydrazine groups is 1. The van der Waals surface area contributed by atoms with Gasteiger partial charge in [0.2, 0.25) is 5.95 Å². The van der Waals surface area contributed by atoms with Crippen LogP contribution in [-0.4, -0.2) is 16.5 Å². The monoisotopic (exact) mass is 285 g/mol. The molecule has 112 valence electrons. The van der Waals surface area contributed by atoms with E-state index < -0.39 is 0 Å². The standard InChI is InChI=1S/C16H23N5/c1-2-16(9-5-6-10-16)11-18-14-12-7-3-4-8-13(12)19-15(20-14)21-17/h3-4,7-8H,2,5-6,9-11,17H2,1H3,(H2,18,19,20,21). The zero-order valence-corrected chi connectivity index (χ0v) is 12.5. The highest BCUT2D eigenvalue weighted by molar-refractivity contribution is 5.89. The van der Waals surface area contributed by atoms with E-state index in [1.54, 1.807) is 0 Å². The summed E-state index contributed by atoms with van der Waals surface area (Å²) in [5, 5.41) is 4.59. The number of nitrogens with zero attached hydrogens (tertiary/aromatic N) is 2. The number of benzene rings is 1. The number of hydrogen-bond donors (Lipinski definition) is 3. The number of nitrogen functional groups attached to an aromatic ring is 1. The van der Waals surface area contributed by atoms with Gasteiger partial charge in [0, 0.05) is 11.9 Å². The highest BCUT2D eigenvalue weighted by atomic mass is 15.3. The van der Waals surface area contributed by atoms with E-state index in [1.807, 2.05) is 24.3 Å². The molecule has 5 heteroatoms. The molecule has 4 N–H and O–H groups in total. The van der Waals surface area contributed by atoms with Gasteiger partial charge in [-0.3, -0.25) is 5.43 Å². The number of nitrogens with one attached hydrogen (secondary N) is 2. The van der Waals surface area contributed by atoms with Crippen molar-refractivity contribution in [2.45, 2.75) is 39.0 Å². The third-order valence-electron chi connectivity index (χ3n) is 4.78. The molecule has 1 aliphatic rings. The van der Waals surface area contributed by atoms with Crippen LogP contribution in [0.25, 0.3) is 10.9 Å². The molecule has 1 aromatic heterocycles. The minimum atomic E-state index is 0.419. The van der Waals surface area contributed by atoms with Crippen LogP contribution >= 0.6 is 0 Å². The van der Waals surface area contributed by atoms with Gasteiger partial charge in [-0.2, -0.15) is 4.98 Å². The summed E-state index contributed by atoms with van der Waals surface area (Å²) in [6.07, 6.45) is 6.51. The van der Waals surface area contributed by atoms with Crippen LogP contribution in [0.1, 0.15) is 39.0 Å². The van der Waals surface area contributed by atoms with Gasteiger partial charge in [-0.15, -0.1) is 0 Å². The maximum Gasteiger partial charge on any atom is 0.239 e. The quantitative estimate of drug-likeness (QED) is 0.580. The van der Waals surface area contributed by atoms with Gasteiger partial charge in [0.05, 0.1) is 5.52 Å². The molecule has 2 aromatic rings. The molecule has 0 saturated heterocycles. The molecular weight excluding hydrogens is 262 g/mol. The molecule has 3 rings (SSSR count). The van der Waals surface area contributed by atoms with Crippen molar-refractivity contribution in [1.82, 2.24) is 9.97 Å². The fraction of sp³-hybridized carbons (Fsp3) is 0.500. The largest absolute Gasteiger partial charge is 0.369 e. The Hall–Kier alpha value is -1.88. The molecule has 1 fully saturated rings. The highest BCUT2D eigenvalue weighted by Gasteiger charge is 2.31. The number of nitrogens with two attached hydrogens (primary N) is 1. The Morgan fingerprint density at radius 2 is 1.95 bits per heavy atom. The normalized spacial score (nSPS) is 17.0. The second-order valence-corrected chi connectivity index (χ2v) is 5.97. The minimum Gasteiger partial charge on any atom is -0.369 e. The Balaban J connectivity index is 1.89. The topological polar surface area (TPSA) is 75.9 Å². The third-order valence-corrected chi connectivity index (χ3v) is 4.78. The van der Waals surface area contributed by atoms with Gasteiger partial charge in [-0.05, 0) is 36.8 Å². The summed E-state index contributed by atoms with van der Waals surface area (Å²) in [5.74, 6) is 6.80. The second-order valence-electron chi connectivity index (χ2n) is 5.97. The van der Waals surface area contributed by atoms with Crippen LogP contribution in [0.15, 0.2) is 24.3 Å². The summed E-state index contributed by atoms with van der Waals surface area (Å²) in [7, 11) is 0. The van der Waals surface area contributed by atoms with Gasteiger partial charge in [-0.1, -0.05) is 31.9 Å². The summed E-state index contributed by atoms with van der Waals surface area (Å²) in [6, 6.07) is 8.01. The molecule has 0 spiro atoms. The molecule has 0 radical (unpaired) electrons. The van der Waals surface area contributed by atoms with E-state index in [-0.39, 0.29) is 0 Å². The van der Waals surface area contributed by atoms with Crippen molar-refractivity contribution in [1.29, 1.82) is 0 Å². The van der Waals surface area contributed by atoms with Crippen molar-refractivity contribution >= 4 is 22.7 Å². The van der Waals surface area contributed by atoms with Crippen molar-refractivity contribution in [2.24, 2.45) is 11.3 Å². The van der Waals surface area contributed by atoms with E-state index in [0.29, 0.717) is 11.4 Å². The lowest BCUT2D eigenvalue weighted by molar-refractivity contribution is 0.306. The van der Waals surface area contributed by atoms with Crippen LogP contribution in [0, 0.1) is 5.41 Å². The van der Waals surface area contributed by atoms with E-state index in [4.69, 9.17) is 5.84 Å². The predicted molar refractivity (Wildman–Crippen MR) is 87.0 cm³/mol. The average molecular weight is 285 g/mol. The molecule has 1 aliphatic carbocycles. The molecule has 5 nitrogen and oxygen atoms in total. The number of anilines is 2. The smallest absolute Gasteiger partial charge is 0.239 e. The Bertz CT molecular complexity index is 619. The maximum atomic E-state index is 5.48. The Morgan fingerprint density at radius 1 is 1.19 bits per heavy atom. The molecule has 1 saturated carbocycles. The first-order valence-corrected chi connectivity index (χ1v) is 7.74. The van der Waals surface area contributed by atoms with E-state index >= 15 is 0 Å². The number of hydrogen-bond acceptors (Lipinski definition) is 5. The summed E-state index contributed by atoms with van der Waals surface area (Å²) in [6.45, 7) is 3.26. The number of fused-ring (bicyclic) bond motifs is 1. The molecule has 0 atom stereocenters. The SMILES string of the molecule is CCC1(CNc2nc(NN)nc3ccccc23)CCCC1. The number of aromatic nitrogens is 2. The zero-order chi connectivity index (χ0) is 14.7. The van der Waals surface area contributed by atoms with E-state index in [1.165, 1.54) is 32.1 Å². The fourth-order valence-corrected chi connectivity index (χ4v) is 3.33. The van der Waals surface area contributed by atoms with Gasteiger partial charge < -0.3 is 5.32 Å². The fourth-order valence-electron chi connectivity index (χ4n) is 3.33. The van der Waals surface area contributed by atoms with Gasteiger partial charge in [-0.25, -0.2) is 10.8 Å². The minimum absolute atomic E-state index is 0.419. The number of rotatable bonds is 5. The van der Waals surface area contributed by atoms with E-state index in [2.05, 4.69) is 27.6 Å². The van der Waals surface area contributed by atoms with Gasteiger partial charge in [0.15, 0.2) is 0 Å². The summed E-state index contributed by atoms with van der Waals surface area (Å²) >= 11 is 0. The molecule has 0 unspecified atom stereocenters. The lowest BCUT2D eigenvalue weighted by Crippen LogP contribution is -2.26. The Kier molecular flexibility index (Phi) is 3.92. The van der Waals surface area contributed by atoms with Crippen LogP contribution < -0.4 is 16.6 Å². The lowest BCUT2D eigenvalue weighted by Gasteiger charge is -2.28. The zero-order valence-electron chi connectivity index (χ0n) is 12.5. The van der Waals surface area contributed by atoms with Crippen LogP contribution in [0.3, 0.4) is 0 Å². The first kappa shape index (κ1) is 14.1. The van der Waals surface area contributed by atoms with E-state index in [9.17, 15) is 0 Å². The van der Waals surface area contributed by atoms with Crippen molar-refractivity contribution in [2.75, 3.05) is 17.3 Å². The average Bonchev–Trinajstić information content (AvgIpc) is 3.02. The molecule has 0 amide bonds. The Labute approximate surface area is 125 Å². The third kappa shape index (κ3) is 2.78. The molecule has 21 heavy (non-hydrogen) atoms. The number of para-hydroxylation sites is 1. The lowest BCUT2D eigenvalue weighted by atomic mass is 9.83. The van der Waals surface area contributed by atoms with Gasteiger partial charge in [0.1, 0.15) is 5.82 Å². The molecule has 1 aromatic carbocycles. The van der Waals surface area contributed by atoms with Crippen molar-refractivity contribution in [3.8, 4) is 0 Å². The summed E-state index contributed by atoms with van der Waals surface area (Å²) in [4.78, 5) is 8.87. The van der Waals surface area contributed by atoms with Crippen molar-refractivity contribution in [3.63, 3.8) is 0 Å². The first-order chi connectivity index (χ1) is 10.3.